The van der Waals surface area contributed by atoms with E-state index in [1.165, 1.54) is 12.0 Å². The summed E-state index contributed by atoms with van der Waals surface area (Å²) in [5.41, 5.74) is 2.07. The first kappa shape index (κ1) is 15.1. The average molecular weight is 300 g/mol. The number of carbonyl (C=O) groups excluding carboxylic acids is 2. The molecule has 0 N–H and O–H groups in total. The fourth-order valence-electron chi connectivity index (χ4n) is 3.50. The first-order valence-electron chi connectivity index (χ1n) is 8.20. The van der Waals surface area contributed by atoms with Crippen LogP contribution in [0.3, 0.4) is 0 Å². The zero-order valence-electron chi connectivity index (χ0n) is 13.4. The summed E-state index contributed by atoms with van der Waals surface area (Å²) in [6.45, 7) is 6.43. The van der Waals surface area contributed by atoms with E-state index in [9.17, 15) is 9.59 Å². The number of carbonyl (C=O) groups is 2. The fraction of sp³-hybridized carbons (Fsp3) is 0.556. The summed E-state index contributed by atoms with van der Waals surface area (Å²) < 4.78 is 0. The van der Waals surface area contributed by atoms with Gasteiger partial charge in [-0.15, -0.1) is 0 Å². The number of aryl methyl sites for hydroxylation is 1. The Morgan fingerprint density at radius 2 is 1.91 bits per heavy atom. The zero-order chi connectivity index (χ0) is 15.7. The van der Waals surface area contributed by atoms with E-state index < -0.39 is 0 Å². The molecule has 2 heterocycles. The Balaban J connectivity index is 1.68. The molecule has 118 valence electrons. The molecule has 0 aromatic heterocycles. The van der Waals surface area contributed by atoms with Crippen LogP contribution in [0.5, 0.6) is 0 Å². The molecule has 4 heteroatoms. The minimum atomic E-state index is -0.181. The summed E-state index contributed by atoms with van der Waals surface area (Å²) >= 11 is 0. The van der Waals surface area contributed by atoms with Gasteiger partial charge < -0.3 is 9.80 Å². The third kappa shape index (κ3) is 3.01. The van der Waals surface area contributed by atoms with Gasteiger partial charge in [-0.05, 0) is 37.8 Å². The Bertz CT molecular complexity index is 567. The lowest BCUT2D eigenvalue weighted by Gasteiger charge is -2.32. The van der Waals surface area contributed by atoms with E-state index in [-0.39, 0.29) is 17.7 Å². The lowest BCUT2D eigenvalue weighted by Crippen LogP contribution is -2.43. The molecule has 1 aromatic carbocycles. The van der Waals surface area contributed by atoms with Crippen LogP contribution >= 0.6 is 0 Å². The molecule has 2 saturated heterocycles. The largest absolute Gasteiger partial charge is 0.342 e. The van der Waals surface area contributed by atoms with Crippen molar-refractivity contribution in [3.63, 3.8) is 0 Å². The van der Waals surface area contributed by atoms with Crippen molar-refractivity contribution in [1.82, 2.24) is 4.90 Å². The topological polar surface area (TPSA) is 40.6 Å². The van der Waals surface area contributed by atoms with Crippen molar-refractivity contribution in [2.45, 2.75) is 33.1 Å². The van der Waals surface area contributed by atoms with E-state index in [1.54, 1.807) is 4.90 Å². The molecule has 3 rings (SSSR count). The van der Waals surface area contributed by atoms with Gasteiger partial charge in [0.15, 0.2) is 0 Å². The van der Waals surface area contributed by atoms with Gasteiger partial charge in [-0.2, -0.15) is 0 Å². The quantitative estimate of drug-likeness (QED) is 0.842. The number of rotatable bonds is 2. The van der Waals surface area contributed by atoms with E-state index in [2.05, 4.69) is 6.92 Å². The Labute approximate surface area is 132 Å². The number of piperidine rings is 1. The second-order valence-corrected chi connectivity index (χ2v) is 6.77. The normalized spacial score (nSPS) is 25.6. The van der Waals surface area contributed by atoms with Gasteiger partial charge in [0.05, 0.1) is 5.92 Å². The van der Waals surface area contributed by atoms with Crippen LogP contribution in [0.1, 0.15) is 31.7 Å². The Hall–Kier alpha value is -1.84. The maximum atomic E-state index is 12.7. The second-order valence-electron chi connectivity index (χ2n) is 6.77. The van der Waals surface area contributed by atoms with Crippen LogP contribution in [-0.4, -0.2) is 36.3 Å². The average Bonchev–Trinajstić information content (AvgIpc) is 2.89. The molecular formula is C18H24N2O2. The van der Waals surface area contributed by atoms with E-state index in [0.29, 0.717) is 18.9 Å². The monoisotopic (exact) mass is 300 g/mol. The van der Waals surface area contributed by atoms with Crippen molar-refractivity contribution in [3.05, 3.63) is 29.8 Å². The molecule has 0 aliphatic carbocycles. The predicted molar refractivity (Wildman–Crippen MR) is 86.6 cm³/mol. The minimum Gasteiger partial charge on any atom is -0.342 e. The maximum absolute atomic E-state index is 12.7. The van der Waals surface area contributed by atoms with E-state index in [1.807, 2.05) is 36.1 Å². The van der Waals surface area contributed by atoms with Crippen LogP contribution in [0.25, 0.3) is 0 Å². The molecule has 0 spiro atoms. The summed E-state index contributed by atoms with van der Waals surface area (Å²) in [4.78, 5) is 28.7. The van der Waals surface area contributed by atoms with Crippen LogP contribution in [0.15, 0.2) is 24.3 Å². The molecule has 0 bridgehead atoms. The molecule has 2 fully saturated rings. The summed E-state index contributed by atoms with van der Waals surface area (Å²) in [5.74, 6) is 0.615. The van der Waals surface area contributed by atoms with Gasteiger partial charge in [-0.25, -0.2) is 0 Å². The summed E-state index contributed by atoms with van der Waals surface area (Å²) in [6.07, 6.45) is 2.62. The number of hydrogen-bond acceptors (Lipinski definition) is 2. The standard InChI is InChI=1S/C18H24N2O2/c1-13-5-7-16(8-6-13)20-12-15(10-17(20)21)18(22)19-9-3-4-14(2)11-19/h5-8,14-15H,3-4,9-12H2,1-2H3/t14-,15-/m0/s1. The smallest absolute Gasteiger partial charge is 0.228 e. The molecule has 0 unspecified atom stereocenters. The number of nitrogens with zero attached hydrogens (tertiary/aromatic N) is 2. The van der Waals surface area contributed by atoms with E-state index in [0.717, 1.165) is 25.2 Å². The van der Waals surface area contributed by atoms with Crippen molar-refractivity contribution in [2.24, 2.45) is 11.8 Å². The minimum absolute atomic E-state index is 0.0623. The molecule has 4 nitrogen and oxygen atoms in total. The number of benzene rings is 1. The van der Waals surface area contributed by atoms with Crippen LogP contribution in [0.2, 0.25) is 0 Å². The highest BCUT2D eigenvalue weighted by molar-refractivity contribution is 6.00. The predicted octanol–water partition coefficient (Wildman–Crippen LogP) is 2.61. The van der Waals surface area contributed by atoms with E-state index >= 15 is 0 Å². The number of hydrogen-bond donors (Lipinski definition) is 0. The summed E-state index contributed by atoms with van der Waals surface area (Å²) in [5, 5.41) is 0. The lowest BCUT2D eigenvalue weighted by atomic mass is 9.98. The molecule has 2 atom stereocenters. The van der Waals surface area contributed by atoms with Crippen LogP contribution in [0, 0.1) is 18.8 Å². The van der Waals surface area contributed by atoms with Crippen LogP contribution < -0.4 is 4.90 Å². The second kappa shape index (κ2) is 6.11. The molecule has 0 radical (unpaired) electrons. The highest BCUT2D eigenvalue weighted by atomic mass is 16.2. The molecular weight excluding hydrogens is 276 g/mol. The first-order valence-corrected chi connectivity index (χ1v) is 8.20. The van der Waals surface area contributed by atoms with Crippen molar-refractivity contribution in [1.29, 1.82) is 0 Å². The molecule has 2 amide bonds. The molecule has 0 saturated carbocycles. The zero-order valence-corrected chi connectivity index (χ0v) is 13.4. The molecule has 2 aliphatic heterocycles. The maximum Gasteiger partial charge on any atom is 0.228 e. The Kier molecular flexibility index (Phi) is 4.19. The van der Waals surface area contributed by atoms with Gasteiger partial charge >= 0.3 is 0 Å². The van der Waals surface area contributed by atoms with Crippen molar-refractivity contribution in [2.75, 3.05) is 24.5 Å². The van der Waals surface area contributed by atoms with Gasteiger partial charge in [0.25, 0.3) is 0 Å². The van der Waals surface area contributed by atoms with Crippen molar-refractivity contribution in [3.8, 4) is 0 Å². The third-order valence-corrected chi connectivity index (χ3v) is 4.79. The van der Waals surface area contributed by atoms with Gasteiger partial charge in [-0.3, -0.25) is 9.59 Å². The number of likely N-dealkylation sites (tertiary alicyclic amines) is 1. The van der Waals surface area contributed by atoms with Gasteiger partial charge in [0.1, 0.15) is 0 Å². The number of anilines is 1. The molecule has 22 heavy (non-hydrogen) atoms. The summed E-state index contributed by atoms with van der Waals surface area (Å²) in [6, 6.07) is 7.93. The lowest BCUT2D eigenvalue weighted by molar-refractivity contribution is -0.137. The Morgan fingerprint density at radius 1 is 1.18 bits per heavy atom. The van der Waals surface area contributed by atoms with Crippen LogP contribution in [-0.2, 0) is 9.59 Å². The fourth-order valence-corrected chi connectivity index (χ4v) is 3.50. The van der Waals surface area contributed by atoms with Crippen LogP contribution in [0.4, 0.5) is 5.69 Å². The SMILES string of the molecule is Cc1ccc(N2C[C@@H](C(=O)N3CCC[C@H](C)C3)CC2=O)cc1. The van der Waals surface area contributed by atoms with Gasteiger partial charge in [0, 0.05) is 31.7 Å². The van der Waals surface area contributed by atoms with E-state index in [4.69, 9.17) is 0 Å². The Morgan fingerprint density at radius 3 is 2.59 bits per heavy atom. The third-order valence-electron chi connectivity index (χ3n) is 4.79. The summed E-state index contributed by atoms with van der Waals surface area (Å²) in [7, 11) is 0. The number of amides is 2. The van der Waals surface area contributed by atoms with Gasteiger partial charge in [-0.1, -0.05) is 24.6 Å². The first-order chi connectivity index (χ1) is 10.5. The van der Waals surface area contributed by atoms with Crippen molar-refractivity contribution >= 4 is 17.5 Å². The highest BCUT2D eigenvalue weighted by Gasteiger charge is 2.37. The van der Waals surface area contributed by atoms with Gasteiger partial charge in [0.2, 0.25) is 11.8 Å². The highest BCUT2D eigenvalue weighted by Crippen LogP contribution is 2.28. The molecule has 1 aromatic rings. The molecule has 2 aliphatic rings. The van der Waals surface area contributed by atoms with Crippen molar-refractivity contribution < 1.29 is 9.59 Å².